The molecule has 4 heterocycles. The van der Waals surface area contributed by atoms with E-state index in [0.29, 0.717) is 23.2 Å². The number of likely N-dealkylation sites (tertiary alicyclic amines) is 2. The molecule has 0 bridgehead atoms. The molecule has 5 N–H and O–H groups in total. The Balaban J connectivity index is 0.757. The van der Waals surface area contributed by atoms with Gasteiger partial charge in [0.15, 0.2) is 0 Å². The Morgan fingerprint density at radius 3 is 1.74 bits per heavy atom. The second-order valence-electron chi connectivity index (χ2n) is 18.6. The van der Waals surface area contributed by atoms with Crippen LogP contribution in [0.1, 0.15) is 105 Å². The van der Waals surface area contributed by atoms with Crippen molar-refractivity contribution in [2.75, 3.05) is 0 Å². The highest BCUT2D eigenvalue weighted by molar-refractivity contribution is 5.89. The summed E-state index contributed by atoms with van der Waals surface area (Å²) in [5, 5.41) is 15.0. The van der Waals surface area contributed by atoms with E-state index in [-0.39, 0.29) is 42.1 Å². The summed E-state index contributed by atoms with van der Waals surface area (Å²) >= 11 is 0. The number of alkyl carbamates (subject to hydrolysis) is 1. The van der Waals surface area contributed by atoms with Gasteiger partial charge in [-0.2, -0.15) is 0 Å². The molecule has 3 aliphatic carbocycles. The summed E-state index contributed by atoms with van der Waals surface area (Å²) in [4.78, 5) is 73.9. The van der Waals surface area contributed by atoms with Gasteiger partial charge in [0, 0.05) is 23.8 Å². The first-order chi connectivity index (χ1) is 32.3. The van der Waals surface area contributed by atoms with Gasteiger partial charge in [0.1, 0.15) is 29.8 Å². The second-order valence-corrected chi connectivity index (χ2v) is 18.6. The maximum Gasteiger partial charge on any atom is 0.408 e. The normalized spacial score (nSPS) is 23.9. The Kier molecular flexibility index (Phi) is 10.9. The Morgan fingerprint density at radius 1 is 0.636 bits per heavy atom. The highest BCUT2D eigenvalue weighted by Crippen LogP contribution is 2.55. The highest BCUT2D eigenvalue weighted by atomic mass is 16.6. The quantitative estimate of drug-likeness (QED) is 0.0805. The topological polar surface area (TPSA) is 186 Å². The van der Waals surface area contributed by atoms with Crippen LogP contribution in [-0.4, -0.2) is 77.0 Å². The number of nitrogens with zero attached hydrogens (tertiary/aromatic N) is 4. The van der Waals surface area contributed by atoms with E-state index in [1.54, 1.807) is 24.3 Å². The number of aromatic nitrogens is 4. The molecule has 5 fully saturated rings. The van der Waals surface area contributed by atoms with Crippen molar-refractivity contribution in [3.05, 3.63) is 144 Å². The Hall–Kier alpha value is -7.22. The van der Waals surface area contributed by atoms with Gasteiger partial charge in [-0.15, -0.1) is 0 Å². The van der Waals surface area contributed by atoms with E-state index in [9.17, 15) is 24.3 Å². The van der Waals surface area contributed by atoms with E-state index >= 15 is 0 Å². The van der Waals surface area contributed by atoms with E-state index < -0.39 is 24.3 Å². The number of carbonyl (C=O) groups is 4. The van der Waals surface area contributed by atoms with Gasteiger partial charge in [-0.1, -0.05) is 116 Å². The maximum absolute atomic E-state index is 14.5. The molecule has 0 unspecified atom stereocenters. The molecule has 2 aromatic heterocycles. The Bertz CT molecular complexity index is 2730. The molecule has 8 atom stereocenters. The smallest absolute Gasteiger partial charge is 0.408 e. The molecular formula is C52H52N8O6. The minimum absolute atomic E-state index is 0.0732. The van der Waals surface area contributed by atoms with Crippen LogP contribution >= 0.6 is 0 Å². The van der Waals surface area contributed by atoms with Crippen LogP contribution in [-0.2, 0) is 14.3 Å². The number of carbonyl (C=O) groups excluding carboxylic acids is 3. The molecule has 14 nitrogen and oxygen atoms in total. The molecule has 6 aromatic rings. The van der Waals surface area contributed by atoms with E-state index in [2.05, 4.69) is 57.0 Å². The molecular weight excluding hydrogens is 833 g/mol. The zero-order valence-electron chi connectivity index (χ0n) is 36.4. The van der Waals surface area contributed by atoms with E-state index in [1.165, 1.54) is 0 Å². The zero-order valence-corrected chi connectivity index (χ0v) is 36.4. The summed E-state index contributed by atoms with van der Waals surface area (Å²) in [6.07, 6.45) is 10.2. The minimum Gasteiger partial charge on any atom is -0.465 e. The molecule has 4 amide bonds. The number of amides is 4. The van der Waals surface area contributed by atoms with Crippen LogP contribution in [0.25, 0.3) is 33.6 Å². The first-order valence-corrected chi connectivity index (χ1v) is 23.3. The molecule has 2 saturated heterocycles. The number of H-pyrrole nitrogens is 2. The van der Waals surface area contributed by atoms with Crippen molar-refractivity contribution in [3.8, 4) is 33.6 Å². The van der Waals surface area contributed by atoms with Crippen molar-refractivity contribution in [2.45, 2.75) is 100 Å². The zero-order chi connectivity index (χ0) is 44.9. The number of aromatic amines is 2. The summed E-state index contributed by atoms with van der Waals surface area (Å²) in [6, 6.07) is 32.7. The van der Waals surface area contributed by atoms with Crippen molar-refractivity contribution < 1.29 is 29.0 Å². The SMILES string of the molecule is O=C(O)N[C@@H](C(=O)N1[C@@H]2C[C@@H]2C[C@H]1c1nc(-c2ccc(-c3ccc(-c4cnc([C@@H]5C[C@H]6C[C@H]6N5C(=O)[C@H](NC(=O)OC5CCCCC5)c5ccccc5)[nH]4)cc3)cc2)c[nH]1)c1ccccc1. The first kappa shape index (κ1) is 41.5. The van der Waals surface area contributed by atoms with Gasteiger partial charge in [0.25, 0.3) is 11.8 Å². The van der Waals surface area contributed by atoms with Crippen molar-refractivity contribution in [3.63, 3.8) is 0 Å². The van der Waals surface area contributed by atoms with Gasteiger partial charge in [0.2, 0.25) is 0 Å². The molecule has 336 valence electrons. The summed E-state index contributed by atoms with van der Waals surface area (Å²) < 4.78 is 5.80. The maximum atomic E-state index is 14.5. The molecule has 0 spiro atoms. The molecule has 0 radical (unpaired) electrons. The molecule has 14 heteroatoms. The van der Waals surface area contributed by atoms with Gasteiger partial charge >= 0.3 is 12.2 Å². The number of imidazole rings is 2. The number of piperidine rings is 2. The van der Waals surface area contributed by atoms with Crippen LogP contribution in [0.2, 0.25) is 0 Å². The van der Waals surface area contributed by atoms with Gasteiger partial charge in [-0.05, 0) is 91.0 Å². The van der Waals surface area contributed by atoms with E-state index in [0.717, 1.165) is 103 Å². The van der Waals surface area contributed by atoms with Gasteiger partial charge in [-0.25, -0.2) is 19.6 Å². The molecule has 66 heavy (non-hydrogen) atoms. The first-order valence-electron chi connectivity index (χ1n) is 23.3. The lowest BCUT2D eigenvalue weighted by Crippen LogP contribution is -2.45. The average molecular weight is 885 g/mol. The fourth-order valence-electron chi connectivity index (χ4n) is 10.8. The number of fused-ring (bicyclic) bond motifs is 2. The largest absolute Gasteiger partial charge is 0.465 e. The lowest BCUT2D eigenvalue weighted by molar-refractivity contribution is -0.136. The minimum atomic E-state index is -1.25. The number of hydrogen-bond acceptors (Lipinski definition) is 7. The lowest BCUT2D eigenvalue weighted by Gasteiger charge is -2.31. The second kappa shape index (κ2) is 17.3. The number of ether oxygens (including phenoxy) is 1. The fourth-order valence-corrected chi connectivity index (χ4v) is 10.8. The van der Waals surface area contributed by atoms with Crippen LogP contribution in [0, 0.1) is 11.8 Å². The predicted molar refractivity (Wildman–Crippen MR) is 245 cm³/mol. The average Bonchev–Trinajstić information content (AvgIpc) is 3.93. The van der Waals surface area contributed by atoms with Crippen LogP contribution < -0.4 is 10.6 Å². The summed E-state index contributed by atoms with van der Waals surface area (Å²) in [5.74, 6) is 1.79. The van der Waals surface area contributed by atoms with Crippen LogP contribution in [0.15, 0.2) is 122 Å². The van der Waals surface area contributed by atoms with Crippen LogP contribution in [0.3, 0.4) is 0 Å². The lowest BCUT2D eigenvalue weighted by atomic mass is 9.98. The summed E-state index contributed by atoms with van der Waals surface area (Å²) in [6.45, 7) is 0. The molecule has 3 saturated carbocycles. The summed E-state index contributed by atoms with van der Waals surface area (Å²) in [7, 11) is 0. The monoisotopic (exact) mass is 884 g/mol. The summed E-state index contributed by atoms with van der Waals surface area (Å²) in [5.41, 5.74) is 6.94. The number of carboxylic acid groups (broad SMARTS) is 1. The number of rotatable bonds is 12. The predicted octanol–water partition coefficient (Wildman–Crippen LogP) is 9.27. The molecule has 2 aliphatic heterocycles. The van der Waals surface area contributed by atoms with Crippen molar-refractivity contribution >= 4 is 24.0 Å². The standard InChI is InChI=1S/C52H52N8O6/c61-49(45(57-51(63)64)34-10-4-1-5-11-34)59-41-24-36(41)26-43(59)47-53-28-39(55-47)32-20-16-30(17-21-32)31-18-22-33(23-19-31)40-29-54-48(56-40)44-27-37-25-42(37)60(44)50(62)46(35-12-6-2-7-13-35)58-52(65)66-38-14-8-3-9-15-38/h1-2,4-7,10-13,16-23,28-29,36-38,41-46,57H,3,8-9,14-15,24-27H2,(H,53,55)(H,54,56)(H,58,65)(H,63,64)/t36-,37-,41-,42-,43+,44+,45-,46-/m1/s1. The van der Waals surface area contributed by atoms with Crippen LogP contribution in [0.4, 0.5) is 9.59 Å². The van der Waals surface area contributed by atoms with Gasteiger partial charge in [-0.3, -0.25) is 9.59 Å². The number of benzene rings is 4. The Labute approximate surface area is 382 Å². The molecule has 11 rings (SSSR count). The van der Waals surface area contributed by atoms with Gasteiger partial charge < -0.3 is 40.2 Å². The number of nitrogens with one attached hydrogen (secondary N) is 4. The highest BCUT2D eigenvalue weighted by Gasteiger charge is 2.57. The van der Waals surface area contributed by atoms with Gasteiger partial charge in [0.05, 0.1) is 29.7 Å². The Morgan fingerprint density at radius 2 is 1.17 bits per heavy atom. The molecule has 4 aromatic carbocycles. The van der Waals surface area contributed by atoms with Crippen molar-refractivity contribution in [2.24, 2.45) is 11.8 Å². The fraction of sp³-hybridized carbons (Fsp3) is 0.346. The third-order valence-corrected chi connectivity index (χ3v) is 14.4. The third-order valence-electron chi connectivity index (χ3n) is 14.4. The van der Waals surface area contributed by atoms with E-state index in [4.69, 9.17) is 14.7 Å². The third kappa shape index (κ3) is 8.20. The van der Waals surface area contributed by atoms with Crippen molar-refractivity contribution in [1.29, 1.82) is 0 Å². The van der Waals surface area contributed by atoms with Crippen LogP contribution in [0.5, 0.6) is 0 Å². The molecule has 5 aliphatic rings. The van der Waals surface area contributed by atoms with E-state index in [1.807, 2.05) is 70.7 Å². The number of hydrogen-bond donors (Lipinski definition) is 5. The van der Waals surface area contributed by atoms with Crippen molar-refractivity contribution in [1.82, 2.24) is 40.4 Å².